The maximum absolute atomic E-state index is 12.4. The molecular formula is C20H17N5O3. The van der Waals surface area contributed by atoms with E-state index in [1.165, 1.54) is 6.33 Å². The van der Waals surface area contributed by atoms with Gasteiger partial charge in [0, 0.05) is 5.56 Å². The molecule has 0 fully saturated rings. The maximum Gasteiger partial charge on any atom is 0.338 e. The maximum atomic E-state index is 12.4. The van der Waals surface area contributed by atoms with Gasteiger partial charge in [0.2, 0.25) is 5.89 Å². The van der Waals surface area contributed by atoms with Crippen molar-refractivity contribution >= 4 is 5.97 Å². The average molecular weight is 375 g/mol. The van der Waals surface area contributed by atoms with Crippen LogP contribution in [-0.2, 0) is 4.74 Å². The van der Waals surface area contributed by atoms with Gasteiger partial charge in [-0.15, -0.1) is 10.2 Å². The monoisotopic (exact) mass is 375 g/mol. The third kappa shape index (κ3) is 3.66. The summed E-state index contributed by atoms with van der Waals surface area (Å²) < 4.78 is 12.7. The van der Waals surface area contributed by atoms with E-state index in [4.69, 9.17) is 9.15 Å². The van der Waals surface area contributed by atoms with Gasteiger partial charge in [-0.1, -0.05) is 17.7 Å². The van der Waals surface area contributed by atoms with Gasteiger partial charge in [0.25, 0.3) is 5.89 Å². The third-order valence-electron chi connectivity index (χ3n) is 4.16. The predicted octanol–water partition coefficient (Wildman–Crippen LogP) is 3.54. The number of aryl methyl sites for hydroxylation is 1. The second-order valence-electron chi connectivity index (χ2n) is 6.25. The fourth-order valence-corrected chi connectivity index (χ4v) is 2.58. The van der Waals surface area contributed by atoms with Crippen LogP contribution in [0.25, 0.3) is 17.1 Å². The van der Waals surface area contributed by atoms with Crippen molar-refractivity contribution < 1.29 is 13.9 Å². The molecule has 0 aliphatic carbocycles. The number of hydrogen-bond donors (Lipinski definition) is 0. The van der Waals surface area contributed by atoms with Crippen LogP contribution in [0.2, 0.25) is 0 Å². The minimum Gasteiger partial charge on any atom is -0.449 e. The normalized spacial score (nSPS) is 11.9. The molecule has 0 amide bonds. The number of hydrogen-bond acceptors (Lipinski definition) is 7. The Kier molecular flexibility index (Phi) is 4.67. The molecular weight excluding hydrogens is 358 g/mol. The molecule has 0 spiro atoms. The van der Waals surface area contributed by atoms with Gasteiger partial charge >= 0.3 is 5.97 Å². The molecule has 8 heteroatoms. The van der Waals surface area contributed by atoms with E-state index in [-0.39, 0.29) is 5.89 Å². The molecule has 0 unspecified atom stereocenters. The van der Waals surface area contributed by atoms with Crippen LogP contribution in [0.1, 0.15) is 34.8 Å². The highest BCUT2D eigenvalue weighted by Gasteiger charge is 2.20. The summed E-state index contributed by atoms with van der Waals surface area (Å²) in [4.78, 5) is 16.3. The van der Waals surface area contributed by atoms with Crippen LogP contribution in [0.15, 0.2) is 65.6 Å². The first-order chi connectivity index (χ1) is 13.6. The first kappa shape index (κ1) is 17.6. The van der Waals surface area contributed by atoms with Crippen LogP contribution in [-0.4, -0.2) is 30.9 Å². The standard InChI is InChI=1S/C20H17N5O3/c1-13-3-5-15(6-4-13)19-24-23-18(28-19)14(2)27-20(26)16-7-9-17(10-8-16)25-12-21-11-22-25/h3-12,14H,1-2H3/t14-/m0/s1. The van der Waals surface area contributed by atoms with Crippen LogP contribution in [0.5, 0.6) is 0 Å². The van der Waals surface area contributed by atoms with Gasteiger partial charge in [-0.05, 0) is 50.2 Å². The van der Waals surface area contributed by atoms with Crippen LogP contribution >= 0.6 is 0 Å². The number of rotatable bonds is 5. The molecule has 4 rings (SSSR count). The van der Waals surface area contributed by atoms with Gasteiger partial charge in [0.05, 0.1) is 11.3 Å². The lowest BCUT2D eigenvalue weighted by molar-refractivity contribution is 0.0280. The minimum atomic E-state index is -0.672. The van der Waals surface area contributed by atoms with Crippen molar-refractivity contribution in [3.05, 3.63) is 78.2 Å². The largest absolute Gasteiger partial charge is 0.449 e. The molecule has 0 saturated heterocycles. The highest BCUT2D eigenvalue weighted by molar-refractivity contribution is 5.89. The Morgan fingerprint density at radius 2 is 1.82 bits per heavy atom. The van der Waals surface area contributed by atoms with Gasteiger partial charge in [0.1, 0.15) is 12.7 Å². The number of aromatic nitrogens is 5. The summed E-state index contributed by atoms with van der Waals surface area (Å²) in [6.45, 7) is 3.69. The molecule has 0 aliphatic rings. The van der Waals surface area contributed by atoms with E-state index in [0.717, 1.165) is 16.8 Å². The van der Waals surface area contributed by atoms with Crippen molar-refractivity contribution in [3.63, 3.8) is 0 Å². The molecule has 1 atom stereocenters. The van der Waals surface area contributed by atoms with E-state index in [1.807, 2.05) is 31.2 Å². The lowest BCUT2D eigenvalue weighted by Crippen LogP contribution is -2.09. The zero-order chi connectivity index (χ0) is 19.5. The number of nitrogens with zero attached hydrogens (tertiary/aromatic N) is 5. The lowest BCUT2D eigenvalue weighted by atomic mass is 10.1. The highest BCUT2D eigenvalue weighted by Crippen LogP contribution is 2.23. The van der Waals surface area contributed by atoms with E-state index in [2.05, 4.69) is 20.3 Å². The zero-order valence-electron chi connectivity index (χ0n) is 15.3. The van der Waals surface area contributed by atoms with Crippen molar-refractivity contribution in [2.75, 3.05) is 0 Å². The molecule has 4 aromatic rings. The predicted molar refractivity (Wildman–Crippen MR) is 99.7 cm³/mol. The molecule has 0 saturated carbocycles. The highest BCUT2D eigenvalue weighted by atomic mass is 16.6. The summed E-state index contributed by atoms with van der Waals surface area (Å²) in [6, 6.07) is 14.6. The Hall–Kier alpha value is -3.81. The smallest absolute Gasteiger partial charge is 0.338 e. The second kappa shape index (κ2) is 7.43. The summed E-state index contributed by atoms with van der Waals surface area (Å²) in [5.41, 5.74) is 3.16. The van der Waals surface area contributed by atoms with Crippen molar-refractivity contribution in [3.8, 4) is 17.1 Å². The first-order valence-corrected chi connectivity index (χ1v) is 8.66. The van der Waals surface area contributed by atoms with Crippen LogP contribution in [0, 0.1) is 6.92 Å². The fourth-order valence-electron chi connectivity index (χ4n) is 2.58. The Morgan fingerprint density at radius 3 is 2.50 bits per heavy atom. The summed E-state index contributed by atoms with van der Waals surface area (Å²) in [7, 11) is 0. The van der Waals surface area contributed by atoms with Gasteiger partial charge in [-0.3, -0.25) is 0 Å². The molecule has 0 bridgehead atoms. The number of carbonyl (C=O) groups is 1. The van der Waals surface area contributed by atoms with Crippen molar-refractivity contribution in [2.24, 2.45) is 0 Å². The van der Waals surface area contributed by atoms with Crippen molar-refractivity contribution in [2.45, 2.75) is 20.0 Å². The van der Waals surface area contributed by atoms with Crippen LogP contribution < -0.4 is 0 Å². The molecule has 140 valence electrons. The van der Waals surface area contributed by atoms with E-state index in [0.29, 0.717) is 11.5 Å². The van der Waals surface area contributed by atoms with E-state index >= 15 is 0 Å². The molecule has 2 aromatic carbocycles. The Morgan fingerprint density at radius 1 is 1.07 bits per heavy atom. The van der Waals surface area contributed by atoms with E-state index in [9.17, 15) is 4.79 Å². The van der Waals surface area contributed by atoms with E-state index < -0.39 is 12.1 Å². The molecule has 0 radical (unpaired) electrons. The van der Waals surface area contributed by atoms with Crippen molar-refractivity contribution in [1.29, 1.82) is 0 Å². The number of ether oxygens (including phenoxy) is 1. The Balaban J connectivity index is 1.44. The molecule has 8 nitrogen and oxygen atoms in total. The van der Waals surface area contributed by atoms with Crippen LogP contribution in [0.4, 0.5) is 0 Å². The summed E-state index contributed by atoms with van der Waals surface area (Å²) in [5.74, 6) is 0.144. The van der Waals surface area contributed by atoms with Gasteiger partial charge < -0.3 is 9.15 Å². The number of carbonyl (C=O) groups excluding carboxylic acids is 1. The van der Waals surface area contributed by atoms with Crippen molar-refractivity contribution in [1.82, 2.24) is 25.0 Å². The second-order valence-corrected chi connectivity index (χ2v) is 6.25. The zero-order valence-corrected chi connectivity index (χ0v) is 15.3. The number of esters is 1. The quantitative estimate of drug-likeness (QED) is 0.492. The Labute approximate surface area is 160 Å². The van der Waals surface area contributed by atoms with Gasteiger partial charge in [-0.25, -0.2) is 14.5 Å². The Bertz CT molecular complexity index is 1070. The summed E-state index contributed by atoms with van der Waals surface area (Å²) in [6.07, 6.45) is 2.35. The van der Waals surface area contributed by atoms with Gasteiger partial charge in [-0.2, -0.15) is 5.10 Å². The SMILES string of the molecule is Cc1ccc(-c2nnc([C@H](C)OC(=O)c3ccc(-n4cncn4)cc3)o2)cc1. The number of benzene rings is 2. The third-order valence-corrected chi connectivity index (χ3v) is 4.16. The molecule has 2 aromatic heterocycles. The first-order valence-electron chi connectivity index (χ1n) is 8.66. The molecule has 28 heavy (non-hydrogen) atoms. The van der Waals surface area contributed by atoms with Gasteiger partial charge in [0.15, 0.2) is 6.10 Å². The van der Waals surface area contributed by atoms with E-state index in [1.54, 1.807) is 42.2 Å². The lowest BCUT2D eigenvalue weighted by Gasteiger charge is -2.09. The average Bonchev–Trinajstić information content (AvgIpc) is 3.41. The fraction of sp³-hybridized carbons (Fsp3) is 0.150. The molecule has 2 heterocycles. The summed E-state index contributed by atoms with van der Waals surface area (Å²) in [5, 5.41) is 12.1. The van der Waals surface area contributed by atoms with Crippen LogP contribution in [0.3, 0.4) is 0 Å². The molecule has 0 N–H and O–H groups in total. The molecule has 0 aliphatic heterocycles. The summed E-state index contributed by atoms with van der Waals surface area (Å²) >= 11 is 0. The topological polar surface area (TPSA) is 95.9 Å². The minimum absolute atomic E-state index is 0.239.